The molecule has 18 heavy (non-hydrogen) atoms. The SMILES string of the molecule is CN1C2CCC1CC(c1nc(Cl)c(Br)c(Cl)n1)C2. The number of hydrogen-bond donors (Lipinski definition) is 0. The van der Waals surface area contributed by atoms with Crippen molar-refractivity contribution in [2.24, 2.45) is 0 Å². The van der Waals surface area contributed by atoms with Gasteiger partial charge in [-0.05, 0) is 48.7 Å². The third-order valence-electron chi connectivity index (χ3n) is 4.25. The van der Waals surface area contributed by atoms with Crippen molar-refractivity contribution in [1.82, 2.24) is 14.9 Å². The number of hydrogen-bond acceptors (Lipinski definition) is 3. The second kappa shape index (κ2) is 4.89. The fourth-order valence-corrected chi connectivity index (χ4v) is 3.79. The molecular formula is C12H14BrCl2N3. The molecular weight excluding hydrogens is 337 g/mol. The van der Waals surface area contributed by atoms with Crippen molar-refractivity contribution in [1.29, 1.82) is 0 Å². The van der Waals surface area contributed by atoms with Crippen LogP contribution in [-0.2, 0) is 0 Å². The summed E-state index contributed by atoms with van der Waals surface area (Å²) in [5.41, 5.74) is 0. The Morgan fingerprint density at radius 1 is 1.11 bits per heavy atom. The highest BCUT2D eigenvalue weighted by molar-refractivity contribution is 9.10. The number of nitrogens with zero attached hydrogens (tertiary/aromatic N) is 3. The molecule has 1 aromatic rings. The molecule has 0 radical (unpaired) electrons. The molecule has 0 amide bonds. The van der Waals surface area contributed by atoms with Crippen molar-refractivity contribution in [2.75, 3.05) is 7.05 Å². The second-order valence-electron chi connectivity index (χ2n) is 5.20. The van der Waals surface area contributed by atoms with Crippen LogP contribution in [0.1, 0.15) is 37.4 Å². The smallest absolute Gasteiger partial charge is 0.148 e. The van der Waals surface area contributed by atoms with Crippen LogP contribution in [0.3, 0.4) is 0 Å². The number of fused-ring (bicyclic) bond motifs is 2. The van der Waals surface area contributed by atoms with Crippen molar-refractivity contribution in [3.63, 3.8) is 0 Å². The summed E-state index contributed by atoms with van der Waals surface area (Å²) in [7, 11) is 2.22. The maximum Gasteiger partial charge on any atom is 0.148 e. The molecule has 0 saturated carbocycles. The summed E-state index contributed by atoms with van der Waals surface area (Å²) < 4.78 is 0.588. The molecule has 0 aromatic carbocycles. The van der Waals surface area contributed by atoms with Crippen LogP contribution in [0.2, 0.25) is 10.3 Å². The molecule has 0 spiro atoms. The molecule has 0 aliphatic carbocycles. The first-order chi connectivity index (χ1) is 8.56. The first kappa shape index (κ1) is 13.1. The van der Waals surface area contributed by atoms with E-state index in [-0.39, 0.29) is 0 Å². The Balaban J connectivity index is 1.88. The highest BCUT2D eigenvalue weighted by atomic mass is 79.9. The minimum absolute atomic E-state index is 0.391. The van der Waals surface area contributed by atoms with Crippen molar-refractivity contribution in [3.8, 4) is 0 Å². The summed E-state index contributed by atoms with van der Waals surface area (Å²) >= 11 is 15.4. The zero-order chi connectivity index (χ0) is 12.9. The average molecular weight is 351 g/mol. The van der Waals surface area contributed by atoms with E-state index in [0.29, 0.717) is 32.8 Å². The third-order valence-corrected chi connectivity index (χ3v) is 6.01. The number of rotatable bonds is 1. The van der Waals surface area contributed by atoms with Gasteiger partial charge in [0.2, 0.25) is 0 Å². The lowest BCUT2D eigenvalue weighted by molar-refractivity contribution is 0.159. The van der Waals surface area contributed by atoms with E-state index >= 15 is 0 Å². The fraction of sp³-hybridized carbons (Fsp3) is 0.667. The Labute approximate surface area is 125 Å². The minimum atomic E-state index is 0.391. The molecule has 2 fully saturated rings. The van der Waals surface area contributed by atoms with Gasteiger partial charge < -0.3 is 4.90 Å². The molecule has 3 heterocycles. The van der Waals surface area contributed by atoms with Gasteiger partial charge >= 0.3 is 0 Å². The van der Waals surface area contributed by atoms with Crippen molar-refractivity contribution < 1.29 is 0 Å². The summed E-state index contributed by atoms with van der Waals surface area (Å²) in [5.74, 6) is 1.19. The minimum Gasteiger partial charge on any atom is -0.300 e. The van der Waals surface area contributed by atoms with Crippen LogP contribution in [0.5, 0.6) is 0 Å². The van der Waals surface area contributed by atoms with Gasteiger partial charge in [0.1, 0.15) is 16.1 Å². The van der Waals surface area contributed by atoms with E-state index in [1.54, 1.807) is 0 Å². The molecule has 2 atom stereocenters. The first-order valence-electron chi connectivity index (χ1n) is 6.16. The molecule has 2 aliphatic rings. The largest absolute Gasteiger partial charge is 0.300 e. The standard InChI is InChI=1S/C12H14BrCl2N3/c1-18-7-2-3-8(18)5-6(4-7)12-16-10(14)9(13)11(15)17-12/h6-8H,2-5H2,1H3. The molecule has 0 N–H and O–H groups in total. The maximum absolute atomic E-state index is 6.06. The summed E-state index contributed by atoms with van der Waals surface area (Å²) in [4.78, 5) is 11.3. The highest BCUT2D eigenvalue weighted by Gasteiger charge is 2.40. The molecule has 2 saturated heterocycles. The van der Waals surface area contributed by atoms with Crippen LogP contribution in [-0.4, -0.2) is 34.0 Å². The van der Waals surface area contributed by atoms with Gasteiger partial charge in [-0.25, -0.2) is 9.97 Å². The van der Waals surface area contributed by atoms with Crippen molar-refractivity contribution in [2.45, 2.75) is 43.7 Å². The zero-order valence-corrected chi connectivity index (χ0v) is 13.1. The lowest BCUT2D eigenvalue weighted by atomic mass is 9.90. The highest BCUT2D eigenvalue weighted by Crippen LogP contribution is 2.42. The molecule has 98 valence electrons. The third kappa shape index (κ3) is 2.17. The molecule has 1 aromatic heterocycles. The Bertz CT molecular complexity index is 445. The van der Waals surface area contributed by atoms with Gasteiger partial charge in [0.05, 0.1) is 4.47 Å². The average Bonchev–Trinajstić information content (AvgIpc) is 2.57. The van der Waals surface area contributed by atoms with Gasteiger partial charge in [-0.1, -0.05) is 23.2 Å². The molecule has 3 nitrogen and oxygen atoms in total. The number of aromatic nitrogens is 2. The molecule has 3 rings (SSSR count). The van der Waals surface area contributed by atoms with Gasteiger partial charge in [0.15, 0.2) is 0 Å². The fourth-order valence-electron chi connectivity index (χ4n) is 3.21. The van der Waals surface area contributed by atoms with E-state index in [4.69, 9.17) is 23.2 Å². The van der Waals surface area contributed by atoms with E-state index in [0.717, 1.165) is 18.7 Å². The van der Waals surface area contributed by atoms with Crippen LogP contribution in [0.4, 0.5) is 0 Å². The normalized spacial score (nSPS) is 31.9. The van der Waals surface area contributed by atoms with E-state index in [1.165, 1.54) is 12.8 Å². The van der Waals surface area contributed by atoms with Gasteiger partial charge in [-0.15, -0.1) is 0 Å². The lowest BCUT2D eigenvalue weighted by Crippen LogP contribution is -2.39. The summed E-state index contributed by atoms with van der Waals surface area (Å²) in [5, 5.41) is 0.826. The lowest BCUT2D eigenvalue weighted by Gasteiger charge is -2.35. The number of piperidine rings is 1. The van der Waals surface area contributed by atoms with E-state index in [1.807, 2.05) is 0 Å². The Hall–Kier alpha value is 0.1000. The Morgan fingerprint density at radius 3 is 2.11 bits per heavy atom. The monoisotopic (exact) mass is 349 g/mol. The maximum atomic E-state index is 6.06. The summed E-state index contributed by atoms with van der Waals surface area (Å²) in [6.45, 7) is 0. The summed E-state index contributed by atoms with van der Waals surface area (Å²) in [6.07, 6.45) is 4.80. The zero-order valence-electron chi connectivity index (χ0n) is 10.0. The van der Waals surface area contributed by atoms with Gasteiger partial charge in [0, 0.05) is 18.0 Å². The quantitative estimate of drug-likeness (QED) is 0.719. The van der Waals surface area contributed by atoms with E-state index < -0.39 is 0 Å². The molecule has 2 unspecified atom stereocenters. The van der Waals surface area contributed by atoms with Crippen LogP contribution in [0.25, 0.3) is 0 Å². The molecule has 6 heteroatoms. The van der Waals surface area contributed by atoms with E-state index in [9.17, 15) is 0 Å². The summed E-state index contributed by atoms with van der Waals surface area (Å²) in [6, 6.07) is 1.33. The Morgan fingerprint density at radius 2 is 1.61 bits per heavy atom. The predicted octanol–water partition coefficient (Wildman–Crippen LogP) is 3.89. The van der Waals surface area contributed by atoms with Crippen LogP contribution in [0, 0.1) is 0 Å². The Kier molecular flexibility index (Phi) is 3.56. The molecule has 2 bridgehead atoms. The first-order valence-corrected chi connectivity index (χ1v) is 7.71. The topological polar surface area (TPSA) is 29.0 Å². The van der Waals surface area contributed by atoms with Gasteiger partial charge in [0.25, 0.3) is 0 Å². The van der Waals surface area contributed by atoms with Crippen molar-refractivity contribution >= 4 is 39.1 Å². The molecule has 2 aliphatic heterocycles. The second-order valence-corrected chi connectivity index (χ2v) is 6.71. The van der Waals surface area contributed by atoms with Crippen LogP contribution in [0.15, 0.2) is 4.47 Å². The predicted molar refractivity (Wildman–Crippen MR) is 76.3 cm³/mol. The van der Waals surface area contributed by atoms with Crippen LogP contribution < -0.4 is 0 Å². The van der Waals surface area contributed by atoms with Crippen molar-refractivity contribution in [3.05, 3.63) is 20.6 Å². The van der Waals surface area contributed by atoms with Crippen LogP contribution >= 0.6 is 39.1 Å². The van der Waals surface area contributed by atoms with Gasteiger partial charge in [-0.2, -0.15) is 0 Å². The number of halogens is 3. The van der Waals surface area contributed by atoms with Gasteiger partial charge in [-0.3, -0.25) is 0 Å². The van der Waals surface area contributed by atoms with E-state index in [2.05, 4.69) is 37.8 Å².